The van der Waals surface area contributed by atoms with Crippen molar-refractivity contribution in [2.24, 2.45) is 0 Å². The molecular formula is C8H8NO2. The van der Waals surface area contributed by atoms with Crippen molar-refractivity contribution in [3.05, 3.63) is 36.2 Å². The number of nitrogen functional groups attached to an aromatic ring is 1. The average molecular weight is 150 g/mol. The summed E-state index contributed by atoms with van der Waals surface area (Å²) in [7, 11) is 0. The maximum atomic E-state index is 10.5. The molecule has 1 radical (unpaired) electrons. The maximum absolute atomic E-state index is 10.5. The number of aromatic carboxylic acids is 1. The van der Waals surface area contributed by atoms with Crippen LogP contribution in [0.25, 0.3) is 0 Å². The van der Waals surface area contributed by atoms with Gasteiger partial charge in [0.25, 0.3) is 0 Å². The molecule has 0 bridgehead atoms. The summed E-state index contributed by atoms with van der Waals surface area (Å²) in [6.07, 6.45) is 0. The molecule has 1 aromatic carbocycles. The van der Waals surface area contributed by atoms with E-state index in [-0.39, 0.29) is 5.56 Å². The predicted molar refractivity (Wildman–Crippen MR) is 42.3 cm³/mol. The molecule has 0 amide bonds. The molecule has 57 valence electrons. The van der Waals surface area contributed by atoms with Crippen LogP contribution in [0.3, 0.4) is 0 Å². The van der Waals surface area contributed by atoms with Gasteiger partial charge in [-0.2, -0.15) is 0 Å². The summed E-state index contributed by atoms with van der Waals surface area (Å²) in [5.74, 6) is -0.998. The molecule has 1 aromatic rings. The van der Waals surface area contributed by atoms with Gasteiger partial charge in [-0.25, -0.2) is 4.79 Å². The van der Waals surface area contributed by atoms with Crippen molar-refractivity contribution >= 4 is 11.7 Å². The van der Waals surface area contributed by atoms with Gasteiger partial charge in [0.15, 0.2) is 0 Å². The van der Waals surface area contributed by atoms with E-state index in [1.807, 2.05) is 0 Å². The molecule has 11 heavy (non-hydrogen) atoms. The lowest BCUT2D eigenvalue weighted by atomic mass is 10.1. The monoisotopic (exact) mass is 150 g/mol. The largest absolute Gasteiger partial charge is 0.478 e. The lowest BCUT2D eigenvalue weighted by Gasteiger charge is -2.01. The van der Waals surface area contributed by atoms with E-state index >= 15 is 0 Å². The standard InChI is InChI=1S/C8H8NO2/c1-5-6(8(10)11)3-2-4-7(5)9/h2-4H,1,9H2,(H,10,11). The Morgan fingerprint density at radius 1 is 1.55 bits per heavy atom. The highest BCUT2D eigenvalue weighted by Crippen LogP contribution is 2.14. The van der Waals surface area contributed by atoms with Crippen LogP contribution in [0.2, 0.25) is 0 Å². The fourth-order valence-electron chi connectivity index (χ4n) is 0.805. The first-order chi connectivity index (χ1) is 5.13. The van der Waals surface area contributed by atoms with Crippen molar-refractivity contribution in [3.8, 4) is 0 Å². The molecule has 0 saturated heterocycles. The van der Waals surface area contributed by atoms with E-state index in [0.717, 1.165) is 0 Å². The van der Waals surface area contributed by atoms with Gasteiger partial charge < -0.3 is 10.8 Å². The second-order valence-corrected chi connectivity index (χ2v) is 2.18. The number of nitrogens with two attached hydrogens (primary N) is 1. The van der Waals surface area contributed by atoms with Gasteiger partial charge in [-0.15, -0.1) is 0 Å². The van der Waals surface area contributed by atoms with E-state index in [9.17, 15) is 4.79 Å². The molecule has 0 aliphatic heterocycles. The minimum atomic E-state index is -0.998. The summed E-state index contributed by atoms with van der Waals surface area (Å²) in [5, 5.41) is 8.59. The Balaban J connectivity index is 3.27. The number of carboxylic acid groups (broad SMARTS) is 1. The fraction of sp³-hybridized carbons (Fsp3) is 0. The molecule has 0 spiro atoms. The van der Waals surface area contributed by atoms with Crippen LogP contribution in [0.15, 0.2) is 18.2 Å². The third kappa shape index (κ3) is 1.32. The second kappa shape index (κ2) is 2.62. The van der Waals surface area contributed by atoms with E-state index in [4.69, 9.17) is 10.8 Å². The third-order valence-corrected chi connectivity index (χ3v) is 1.44. The Morgan fingerprint density at radius 3 is 2.64 bits per heavy atom. The van der Waals surface area contributed by atoms with Crippen LogP contribution >= 0.6 is 0 Å². The smallest absolute Gasteiger partial charge is 0.336 e. The molecular weight excluding hydrogens is 142 g/mol. The molecule has 3 nitrogen and oxygen atoms in total. The van der Waals surface area contributed by atoms with Crippen molar-refractivity contribution in [2.75, 3.05) is 5.73 Å². The molecule has 0 aliphatic carbocycles. The topological polar surface area (TPSA) is 63.3 Å². The Morgan fingerprint density at radius 2 is 2.18 bits per heavy atom. The van der Waals surface area contributed by atoms with Crippen LogP contribution in [-0.2, 0) is 0 Å². The molecule has 0 aromatic heterocycles. The van der Waals surface area contributed by atoms with Crippen LogP contribution in [0.1, 0.15) is 15.9 Å². The highest BCUT2D eigenvalue weighted by Gasteiger charge is 2.07. The fourth-order valence-corrected chi connectivity index (χ4v) is 0.805. The third-order valence-electron chi connectivity index (χ3n) is 1.44. The number of hydrogen-bond donors (Lipinski definition) is 2. The van der Waals surface area contributed by atoms with Gasteiger partial charge >= 0.3 is 5.97 Å². The zero-order valence-corrected chi connectivity index (χ0v) is 5.87. The first kappa shape index (κ1) is 7.60. The predicted octanol–water partition coefficient (Wildman–Crippen LogP) is 1.15. The Labute approximate surface area is 64.5 Å². The molecule has 0 unspecified atom stereocenters. The minimum absolute atomic E-state index is 0.157. The van der Waals surface area contributed by atoms with Crippen molar-refractivity contribution < 1.29 is 9.90 Å². The number of carboxylic acids is 1. The summed E-state index contributed by atoms with van der Waals surface area (Å²) in [6.45, 7) is 3.54. The first-order valence-electron chi connectivity index (χ1n) is 3.06. The van der Waals surface area contributed by atoms with Gasteiger partial charge in [-0.3, -0.25) is 0 Å². The zero-order chi connectivity index (χ0) is 8.43. The Bertz CT molecular complexity index is 294. The van der Waals surface area contributed by atoms with Gasteiger partial charge in [0.05, 0.1) is 5.56 Å². The van der Waals surface area contributed by atoms with Gasteiger partial charge in [0.2, 0.25) is 0 Å². The maximum Gasteiger partial charge on any atom is 0.336 e. The molecule has 0 saturated carbocycles. The summed E-state index contributed by atoms with van der Waals surface area (Å²) >= 11 is 0. The number of hydrogen-bond acceptors (Lipinski definition) is 2. The van der Waals surface area contributed by atoms with Crippen LogP contribution < -0.4 is 5.73 Å². The molecule has 1 rings (SSSR count). The normalized spacial score (nSPS) is 9.55. The average Bonchev–Trinajstić information content (AvgIpc) is 1.94. The second-order valence-electron chi connectivity index (χ2n) is 2.18. The minimum Gasteiger partial charge on any atom is -0.478 e. The van der Waals surface area contributed by atoms with Crippen LogP contribution in [0, 0.1) is 6.92 Å². The summed E-state index contributed by atoms with van der Waals surface area (Å²) < 4.78 is 0. The van der Waals surface area contributed by atoms with Gasteiger partial charge in [-0.05, 0) is 24.6 Å². The number of carbonyl (C=O) groups is 1. The Kier molecular flexibility index (Phi) is 1.81. The molecule has 0 fully saturated rings. The molecule has 0 aliphatic rings. The lowest BCUT2D eigenvalue weighted by molar-refractivity contribution is 0.0696. The first-order valence-corrected chi connectivity index (χ1v) is 3.06. The van der Waals surface area contributed by atoms with Crippen LogP contribution in [-0.4, -0.2) is 11.1 Å². The number of anilines is 1. The van der Waals surface area contributed by atoms with Gasteiger partial charge in [-0.1, -0.05) is 6.07 Å². The quantitative estimate of drug-likeness (QED) is 0.590. The highest BCUT2D eigenvalue weighted by molar-refractivity contribution is 5.91. The summed E-state index contributed by atoms with van der Waals surface area (Å²) in [6, 6.07) is 4.68. The number of benzene rings is 1. The van der Waals surface area contributed by atoms with E-state index in [1.165, 1.54) is 6.07 Å². The van der Waals surface area contributed by atoms with E-state index < -0.39 is 5.97 Å². The molecule has 3 heteroatoms. The van der Waals surface area contributed by atoms with E-state index in [2.05, 4.69) is 6.92 Å². The van der Waals surface area contributed by atoms with Gasteiger partial charge in [0, 0.05) is 5.69 Å². The van der Waals surface area contributed by atoms with Crippen molar-refractivity contribution in [3.63, 3.8) is 0 Å². The van der Waals surface area contributed by atoms with Gasteiger partial charge in [0.1, 0.15) is 0 Å². The van der Waals surface area contributed by atoms with Crippen molar-refractivity contribution in [1.82, 2.24) is 0 Å². The SMILES string of the molecule is [CH2]c1c(N)cccc1C(=O)O. The van der Waals surface area contributed by atoms with Crippen molar-refractivity contribution in [1.29, 1.82) is 0 Å². The summed E-state index contributed by atoms with van der Waals surface area (Å²) in [4.78, 5) is 10.5. The molecule has 0 heterocycles. The number of rotatable bonds is 1. The summed E-state index contributed by atoms with van der Waals surface area (Å²) in [5.41, 5.74) is 6.37. The van der Waals surface area contributed by atoms with Crippen LogP contribution in [0.4, 0.5) is 5.69 Å². The Hall–Kier alpha value is -1.51. The van der Waals surface area contributed by atoms with E-state index in [0.29, 0.717) is 11.3 Å². The molecule has 3 N–H and O–H groups in total. The lowest BCUT2D eigenvalue weighted by Crippen LogP contribution is -2.01. The van der Waals surface area contributed by atoms with Crippen LogP contribution in [0.5, 0.6) is 0 Å². The molecule has 0 atom stereocenters. The van der Waals surface area contributed by atoms with Crippen molar-refractivity contribution in [2.45, 2.75) is 0 Å². The van der Waals surface area contributed by atoms with E-state index in [1.54, 1.807) is 12.1 Å². The highest BCUT2D eigenvalue weighted by atomic mass is 16.4. The zero-order valence-electron chi connectivity index (χ0n) is 5.87.